The summed E-state index contributed by atoms with van der Waals surface area (Å²) in [5.74, 6) is 0.283. The number of nitrogens with two attached hydrogens (primary N) is 1. The van der Waals surface area contributed by atoms with E-state index in [1.54, 1.807) is 0 Å². The van der Waals surface area contributed by atoms with Crippen LogP contribution < -0.4 is 5.73 Å². The van der Waals surface area contributed by atoms with Gasteiger partial charge < -0.3 is 15.7 Å². The van der Waals surface area contributed by atoms with Gasteiger partial charge in [0.1, 0.15) is 0 Å². The quantitative estimate of drug-likeness (QED) is 0.708. The molecule has 4 heteroatoms. The number of rotatable bonds is 8. The number of hydrogen-bond donors (Lipinski definition) is 2. The van der Waals surface area contributed by atoms with Crippen molar-refractivity contribution in [3.63, 3.8) is 0 Å². The molecule has 4 nitrogen and oxygen atoms in total. The van der Waals surface area contributed by atoms with Crippen molar-refractivity contribution in [3.8, 4) is 0 Å². The Morgan fingerprint density at radius 3 is 2.79 bits per heavy atom. The molecular weight excluding hydrogens is 240 g/mol. The number of aliphatic hydroxyl groups is 1. The molecule has 1 rings (SSSR count). The van der Waals surface area contributed by atoms with Gasteiger partial charge in [0.25, 0.3) is 0 Å². The summed E-state index contributed by atoms with van der Waals surface area (Å²) >= 11 is 0. The van der Waals surface area contributed by atoms with Gasteiger partial charge >= 0.3 is 0 Å². The average molecular weight is 270 g/mol. The molecule has 3 N–H and O–H groups in total. The highest BCUT2D eigenvalue weighted by Gasteiger charge is 2.29. The standard InChI is InChI=1S/C15H30N2O2/c1-15(2,9-10-16)8-7-14(19)17-11-3-5-13(17)6-4-12-18/h13,18H,3-12,16H2,1-2H3. The Labute approximate surface area is 117 Å². The molecule has 0 aromatic heterocycles. The normalized spacial score (nSPS) is 20.0. The third-order valence-corrected chi connectivity index (χ3v) is 4.23. The van der Waals surface area contributed by atoms with Crippen LogP contribution in [0, 0.1) is 5.41 Å². The fraction of sp³-hybridized carbons (Fsp3) is 0.933. The largest absolute Gasteiger partial charge is 0.396 e. The molecule has 1 heterocycles. The zero-order chi connectivity index (χ0) is 14.3. The molecule has 1 saturated heterocycles. The molecule has 0 spiro atoms. The predicted molar refractivity (Wildman–Crippen MR) is 77.7 cm³/mol. The van der Waals surface area contributed by atoms with Gasteiger partial charge in [0.15, 0.2) is 0 Å². The first-order valence-corrected chi connectivity index (χ1v) is 7.60. The molecule has 1 aliphatic heterocycles. The molecule has 1 atom stereocenters. The summed E-state index contributed by atoms with van der Waals surface area (Å²) in [6.07, 6.45) is 6.44. The van der Waals surface area contributed by atoms with Crippen LogP contribution in [-0.4, -0.2) is 41.7 Å². The molecule has 1 fully saturated rings. The van der Waals surface area contributed by atoms with Crippen LogP contribution in [-0.2, 0) is 4.79 Å². The molecule has 0 aromatic rings. The summed E-state index contributed by atoms with van der Waals surface area (Å²) in [4.78, 5) is 14.3. The minimum absolute atomic E-state index is 0.157. The highest BCUT2D eigenvalue weighted by atomic mass is 16.3. The molecule has 0 aromatic carbocycles. The van der Waals surface area contributed by atoms with Crippen LogP contribution in [0.3, 0.4) is 0 Å². The van der Waals surface area contributed by atoms with E-state index in [-0.39, 0.29) is 17.9 Å². The third-order valence-electron chi connectivity index (χ3n) is 4.23. The number of aliphatic hydroxyl groups excluding tert-OH is 1. The Morgan fingerprint density at radius 2 is 2.16 bits per heavy atom. The maximum absolute atomic E-state index is 12.3. The number of carbonyl (C=O) groups is 1. The first kappa shape index (κ1) is 16.4. The molecule has 0 aliphatic carbocycles. The van der Waals surface area contributed by atoms with E-state index in [1.807, 2.05) is 4.90 Å². The van der Waals surface area contributed by atoms with Crippen molar-refractivity contribution in [1.82, 2.24) is 4.90 Å². The van der Waals surface area contributed by atoms with Crippen LogP contribution in [0.4, 0.5) is 0 Å². The lowest BCUT2D eigenvalue weighted by Gasteiger charge is -2.28. The van der Waals surface area contributed by atoms with E-state index in [0.717, 1.165) is 45.1 Å². The van der Waals surface area contributed by atoms with Crippen molar-refractivity contribution in [2.75, 3.05) is 19.7 Å². The Morgan fingerprint density at radius 1 is 1.42 bits per heavy atom. The molecule has 0 bridgehead atoms. The lowest BCUT2D eigenvalue weighted by Crippen LogP contribution is -2.36. The van der Waals surface area contributed by atoms with Crippen molar-refractivity contribution in [2.24, 2.45) is 11.1 Å². The van der Waals surface area contributed by atoms with Gasteiger partial charge in [0.05, 0.1) is 0 Å². The summed E-state index contributed by atoms with van der Waals surface area (Å²) < 4.78 is 0. The molecule has 1 amide bonds. The van der Waals surface area contributed by atoms with Gasteiger partial charge in [-0.15, -0.1) is 0 Å². The highest BCUT2D eigenvalue weighted by Crippen LogP contribution is 2.28. The molecule has 19 heavy (non-hydrogen) atoms. The number of hydrogen-bond acceptors (Lipinski definition) is 3. The number of carbonyl (C=O) groups excluding carboxylic acids is 1. The summed E-state index contributed by atoms with van der Waals surface area (Å²) in [7, 11) is 0. The van der Waals surface area contributed by atoms with Crippen LogP contribution in [0.5, 0.6) is 0 Å². The van der Waals surface area contributed by atoms with Crippen LogP contribution in [0.1, 0.15) is 58.8 Å². The van der Waals surface area contributed by atoms with Crippen molar-refractivity contribution in [1.29, 1.82) is 0 Å². The number of nitrogens with zero attached hydrogens (tertiary/aromatic N) is 1. The van der Waals surface area contributed by atoms with Crippen molar-refractivity contribution < 1.29 is 9.90 Å². The smallest absolute Gasteiger partial charge is 0.222 e. The fourth-order valence-electron chi connectivity index (χ4n) is 2.90. The van der Waals surface area contributed by atoms with Gasteiger partial charge in [-0.05, 0) is 50.5 Å². The van der Waals surface area contributed by atoms with E-state index in [4.69, 9.17) is 10.8 Å². The van der Waals surface area contributed by atoms with E-state index in [1.165, 1.54) is 0 Å². The van der Waals surface area contributed by atoms with Crippen molar-refractivity contribution in [3.05, 3.63) is 0 Å². The minimum atomic E-state index is 0.157. The van der Waals surface area contributed by atoms with E-state index in [2.05, 4.69) is 13.8 Å². The zero-order valence-electron chi connectivity index (χ0n) is 12.5. The summed E-state index contributed by atoms with van der Waals surface area (Å²) in [5.41, 5.74) is 5.76. The van der Waals surface area contributed by atoms with Crippen LogP contribution >= 0.6 is 0 Å². The fourth-order valence-corrected chi connectivity index (χ4v) is 2.90. The molecule has 1 aliphatic rings. The molecule has 0 radical (unpaired) electrons. The highest BCUT2D eigenvalue weighted by molar-refractivity contribution is 5.76. The Hall–Kier alpha value is -0.610. The van der Waals surface area contributed by atoms with Crippen LogP contribution in [0.25, 0.3) is 0 Å². The monoisotopic (exact) mass is 270 g/mol. The second-order valence-corrected chi connectivity index (χ2v) is 6.45. The maximum Gasteiger partial charge on any atom is 0.222 e. The van der Waals surface area contributed by atoms with Crippen molar-refractivity contribution >= 4 is 5.91 Å². The van der Waals surface area contributed by atoms with E-state index < -0.39 is 0 Å². The molecular formula is C15H30N2O2. The topological polar surface area (TPSA) is 66.6 Å². The predicted octanol–water partition coefficient (Wildman–Crippen LogP) is 1.91. The summed E-state index contributed by atoms with van der Waals surface area (Å²) in [6.45, 7) is 6.17. The van der Waals surface area contributed by atoms with Crippen LogP contribution in [0.15, 0.2) is 0 Å². The number of likely N-dealkylation sites (tertiary alicyclic amines) is 1. The maximum atomic E-state index is 12.3. The first-order valence-electron chi connectivity index (χ1n) is 7.60. The Balaban J connectivity index is 2.39. The van der Waals surface area contributed by atoms with Crippen molar-refractivity contribution in [2.45, 2.75) is 64.8 Å². The lowest BCUT2D eigenvalue weighted by atomic mass is 9.84. The van der Waals surface area contributed by atoms with Gasteiger partial charge in [0.2, 0.25) is 5.91 Å². The van der Waals surface area contributed by atoms with Gasteiger partial charge in [-0.3, -0.25) is 4.79 Å². The molecule has 0 saturated carbocycles. The van der Waals surface area contributed by atoms with Gasteiger partial charge in [-0.2, -0.15) is 0 Å². The average Bonchev–Trinajstić information content (AvgIpc) is 2.82. The minimum Gasteiger partial charge on any atom is -0.396 e. The van der Waals surface area contributed by atoms with Gasteiger partial charge in [-0.1, -0.05) is 13.8 Å². The Bertz CT molecular complexity index is 279. The Kier molecular flexibility index (Phi) is 6.80. The van der Waals surface area contributed by atoms with E-state index >= 15 is 0 Å². The SMILES string of the molecule is CC(C)(CCN)CCC(=O)N1CCCC1CCCO. The third kappa shape index (κ3) is 5.49. The van der Waals surface area contributed by atoms with Crippen LogP contribution in [0.2, 0.25) is 0 Å². The van der Waals surface area contributed by atoms with Gasteiger partial charge in [-0.25, -0.2) is 0 Å². The van der Waals surface area contributed by atoms with Gasteiger partial charge in [0, 0.05) is 25.6 Å². The number of amides is 1. The second-order valence-electron chi connectivity index (χ2n) is 6.45. The molecule has 112 valence electrons. The summed E-state index contributed by atoms with van der Waals surface area (Å²) in [5, 5.41) is 8.91. The van der Waals surface area contributed by atoms with E-state index in [9.17, 15) is 4.79 Å². The lowest BCUT2D eigenvalue weighted by molar-refractivity contribution is -0.132. The summed E-state index contributed by atoms with van der Waals surface area (Å²) in [6, 6.07) is 0.359. The molecule has 1 unspecified atom stereocenters. The first-order chi connectivity index (χ1) is 9.00. The van der Waals surface area contributed by atoms with E-state index in [0.29, 0.717) is 19.0 Å². The zero-order valence-corrected chi connectivity index (χ0v) is 12.5. The second kappa shape index (κ2) is 7.85.